The zero-order chi connectivity index (χ0) is 15.5. The number of carbonyl (C=O) groups is 1. The molecule has 0 aliphatic carbocycles. The third-order valence-corrected chi connectivity index (χ3v) is 5.06. The Kier molecular flexibility index (Phi) is 6.16. The highest BCUT2D eigenvalue weighted by Crippen LogP contribution is 2.25. The minimum atomic E-state index is -0.0650. The van der Waals surface area contributed by atoms with Crippen LogP contribution in [-0.4, -0.2) is 23.5 Å². The quantitative estimate of drug-likeness (QED) is 0.886. The zero-order valence-corrected chi connectivity index (χ0v) is 15.0. The number of nitrogens with one attached hydrogen (secondary N) is 2. The molecule has 0 radical (unpaired) electrons. The average molecular weight is 352 g/mol. The molecular formula is C17H22ClN3OS. The van der Waals surface area contributed by atoms with E-state index in [0.29, 0.717) is 5.13 Å². The number of benzene rings is 1. The van der Waals surface area contributed by atoms with Crippen LogP contribution in [0.3, 0.4) is 0 Å². The van der Waals surface area contributed by atoms with Gasteiger partial charge in [0.2, 0.25) is 5.91 Å². The van der Waals surface area contributed by atoms with Gasteiger partial charge in [0.1, 0.15) is 0 Å². The molecule has 2 N–H and O–H groups in total. The van der Waals surface area contributed by atoms with E-state index >= 15 is 0 Å². The topological polar surface area (TPSA) is 54.0 Å². The molecule has 0 spiro atoms. The standard InChI is InChI=1S/C17H21N3OS.ClH/c1-11-5-7-13(8-6-11)10-15-12(2)19-17(22-15)20-16(21)14-4-3-9-18-14;/h5-8,14,18H,3-4,9-10H2,1-2H3,(H,19,20,21);1H. The Labute approximate surface area is 147 Å². The van der Waals surface area contributed by atoms with Gasteiger partial charge in [0.25, 0.3) is 0 Å². The van der Waals surface area contributed by atoms with Crippen LogP contribution in [-0.2, 0) is 11.2 Å². The maximum atomic E-state index is 12.1. The summed E-state index contributed by atoms with van der Waals surface area (Å²) in [4.78, 5) is 17.8. The zero-order valence-electron chi connectivity index (χ0n) is 13.4. The largest absolute Gasteiger partial charge is 0.306 e. The molecule has 2 heterocycles. The molecule has 23 heavy (non-hydrogen) atoms. The first-order valence-electron chi connectivity index (χ1n) is 7.68. The highest BCUT2D eigenvalue weighted by Gasteiger charge is 2.23. The summed E-state index contributed by atoms with van der Waals surface area (Å²) in [7, 11) is 0. The van der Waals surface area contributed by atoms with Crippen molar-refractivity contribution in [1.82, 2.24) is 10.3 Å². The maximum Gasteiger partial charge on any atom is 0.243 e. The average Bonchev–Trinajstić information content (AvgIpc) is 3.12. The van der Waals surface area contributed by atoms with Crippen LogP contribution >= 0.6 is 23.7 Å². The molecule has 1 fully saturated rings. The van der Waals surface area contributed by atoms with Gasteiger partial charge >= 0.3 is 0 Å². The van der Waals surface area contributed by atoms with Crippen molar-refractivity contribution in [3.63, 3.8) is 0 Å². The van der Waals surface area contributed by atoms with Gasteiger partial charge in [-0.2, -0.15) is 0 Å². The van der Waals surface area contributed by atoms with Gasteiger partial charge in [0, 0.05) is 11.3 Å². The summed E-state index contributed by atoms with van der Waals surface area (Å²) >= 11 is 1.57. The molecular weight excluding hydrogens is 330 g/mol. The number of anilines is 1. The Morgan fingerprint density at radius 1 is 1.35 bits per heavy atom. The van der Waals surface area contributed by atoms with Gasteiger partial charge in [-0.05, 0) is 38.8 Å². The number of amides is 1. The van der Waals surface area contributed by atoms with Crippen molar-refractivity contribution in [3.05, 3.63) is 46.0 Å². The summed E-state index contributed by atoms with van der Waals surface area (Å²) in [6, 6.07) is 8.48. The van der Waals surface area contributed by atoms with Crippen molar-refractivity contribution >= 4 is 34.8 Å². The number of carbonyl (C=O) groups excluding carboxylic acids is 1. The minimum absolute atomic E-state index is 0. The van der Waals surface area contributed by atoms with E-state index in [-0.39, 0.29) is 24.4 Å². The molecule has 1 amide bonds. The summed E-state index contributed by atoms with van der Waals surface area (Å²) in [6.45, 7) is 5.02. The number of thiazole rings is 1. The molecule has 0 saturated carbocycles. The number of nitrogens with zero attached hydrogens (tertiary/aromatic N) is 1. The van der Waals surface area contributed by atoms with Crippen molar-refractivity contribution in [2.24, 2.45) is 0 Å². The first kappa shape index (κ1) is 17.9. The Morgan fingerprint density at radius 3 is 2.74 bits per heavy atom. The van der Waals surface area contributed by atoms with Crippen molar-refractivity contribution in [1.29, 1.82) is 0 Å². The smallest absolute Gasteiger partial charge is 0.243 e. The second-order valence-electron chi connectivity index (χ2n) is 5.83. The van der Waals surface area contributed by atoms with E-state index in [2.05, 4.69) is 46.8 Å². The third-order valence-electron chi connectivity index (χ3n) is 3.98. The molecule has 124 valence electrons. The van der Waals surface area contributed by atoms with Gasteiger partial charge in [-0.25, -0.2) is 4.98 Å². The highest BCUT2D eigenvalue weighted by atomic mass is 35.5. The second kappa shape index (κ2) is 7.90. The summed E-state index contributed by atoms with van der Waals surface area (Å²) in [5.41, 5.74) is 3.54. The molecule has 4 nitrogen and oxygen atoms in total. The molecule has 1 unspecified atom stereocenters. The van der Waals surface area contributed by atoms with E-state index in [1.54, 1.807) is 11.3 Å². The van der Waals surface area contributed by atoms with Crippen molar-refractivity contribution in [3.8, 4) is 0 Å². The number of hydrogen-bond acceptors (Lipinski definition) is 4. The van der Waals surface area contributed by atoms with Crippen molar-refractivity contribution < 1.29 is 4.79 Å². The lowest BCUT2D eigenvalue weighted by Gasteiger charge is -2.08. The fraction of sp³-hybridized carbons (Fsp3) is 0.412. The first-order valence-corrected chi connectivity index (χ1v) is 8.49. The van der Waals surface area contributed by atoms with Crippen LogP contribution in [0.5, 0.6) is 0 Å². The van der Waals surface area contributed by atoms with Gasteiger partial charge in [0.15, 0.2) is 5.13 Å². The Morgan fingerprint density at radius 2 is 2.09 bits per heavy atom. The second-order valence-corrected chi connectivity index (χ2v) is 6.91. The van der Waals surface area contributed by atoms with Crippen LogP contribution in [0.4, 0.5) is 5.13 Å². The number of rotatable bonds is 4. The molecule has 2 aromatic rings. The first-order chi connectivity index (χ1) is 10.6. The SMILES string of the molecule is Cc1ccc(Cc2sc(NC(=O)C3CCCN3)nc2C)cc1.Cl. The lowest BCUT2D eigenvalue weighted by atomic mass is 10.1. The molecule has 1 saturated heterocycles. The van der Waals surface area contributed by atoms with Crippen LogP contribution in [0.25, 0.3) is 0 Å². The molecule has 1 aromatic carbocycles. The normalized spacial score (nSPS) is 16.9. The van der Waals surface area contributed by atoms with Gasteiger partial charge in [-0.3, -0.25) is 4.79 Å². The molecule has 1 aliphatic heterocycles. The monoisotopic (exact) mass is 351 g/mol. The number of halogens is 1. The Hall–Kier alpha value is -1.43. The van der Waals surface area contributed by atoms with E-state index in [9.17, 15) is 4.79 Å². The van der Waals surface area contributed by atoms with E-state index < -0.39 is 0 Å². The highest BCUT2D eigenvalue weighted by molar-refractivity contribution is 7.15. The number of aryl methyl sites for hydroxylation is 2. The molecule has 1 aliphatic rings. The predicted octanol–water partition coefficient (Wildman–Crippen LogP) is 3.46. The maximum absolute atomic E-state index is 12.1. The lowest BCUT2D eigenvalue weighted by molar-refractivity contribution is -0.117. The molecule has 6 heteroatoms. The summed E-state index contributed by atoms with van der Waals surface area (Å²) in [6.07, 6.45) is 2.83. The fourth-order valence-corrected chi connectivity index (χ4v) is 3.64. The van der Waals surface area contributed by atoms with Crippen LogP contribution in [0.1, 0.15) is 34.5 Å². The molecule has 3 rings (SSSR count). The Bertz CT molecular complexity index is 663. The number of aromatic nitrogens is 1. The van der Waals surface area contributed by atoms with E-state index in [4.69, 9.17) is 0 Å². The predicted molar refractivity (Wildman–Crippen MR) is 97.7 cm³/mol. The van der Waals surface area contributed by atoms with E-state index in [1.165, 1.54) is 16.0 Å². The molecule has 1 aromatic heterocycles. The van der Waals surface area contributed by atoms with Gasteiger partial charge < -0.3 is 10.6 Å². The fourth-order valence-electron chi connectivity index (χ4n) is 2.64. The van der Waals surface area contributed by atoms with Crippen LogP contribution in [0.15, 0.2) is 24.3 Å². The molecule has 1 atom stereocenters. The summed E-state index contributed by atoms with van der Waals surface area (Å²) in [5, 5.41) is 6.86. The van der Waals surface area contributed by atoms with Gasteiger partial charge in [-0.1, -0.05) is 29.8 Å². The van der Waals surface area contributed by atoms with Gasteiger partial charge in [-0.15, -0.1) is 23.7 Å². The third kappa shape index (κ3) is 4.53. The lowest BCUT2D eigenvalue weighted by Crippen LogP contribution is -2.35. The van der Waals surface area contributed by atoms with Crippen LogP contribution < -0.4 is 10.6 Å². The summed E-state index contributed by atoms with van der Waals surface area (Å²) < 4.78 is 0. The Balaban J connectivity index is 0.00000192. The van der Waals surface area contributed by atoms with Crippen LogP contribution in [0.2, 0.25) is 0 Å². The van der Waals surface area contributed by atoms with Gasteiger partial charge in [0.05, 0.1) is 11.7 Å². The number of hydrogen-bond donors (Lipinski definition) is 2. The van der Waals surface area contributed by atoms with E-state index in [1.807, 2.05) is 6.92 Å². The van der Waals surface area contributed by atoms with Crippen molar-refractivity contribution in [2.75, 3.05) is 11.9 Å². The molecule has 0 bridgehead atoms. The minimum Gasteiger partial charge on any atom is -0.306 e. The summed E-state index contributed by atoms with van der Waals surface area (Å²) in [5.74, 6) is 0.0353. The van der Waals surface area contributed by atoms with Crippen molar-refractivity contribution in [2.45, 2.75) is 39.2 Å². The van der Waals surface area contributed by atoms with E-state index in [0.717, 1.165) is 31.5 Å². The van der Waals surface area contributed by atoms with Crippen LogP contribution in [0, 0.1) is 13.8 Å².